The van der Waals surface area contributed by atoms with Crippen LogP contribution in [0.1, 0.15) is 36.0 Å². The minimum absolute atomic E-state index is 0.747. The average molecular weight is 317 g/mol. The van der Waals surface area contributed by atoms with Crippen LogP contribution < -0.4 is 0 Å². The summed E-state index contributed by atoms with van der Waals surface area (Å²) in [5.74, 6) is 0.945. The fourth-order valence-electron chi connectivity index (χ4n) is 2.74. The highest BCUT2D eigenvalue weighted by atomic mass is 32.2. The third-order valence-corrected chi connectivity index (χ3v) is 5.72. The van der Waals surface area contributed by atoms with Crippen molar-refractivity contribution in [1.82, 2.24) is 25.1 Å². The average Bonchev–Trinajstić information content (AvgIpc) is 3.15. The lowest BCUT2D eigenvalue weighted by Crippen LogP contribution is -1.88. The van der Waals surface area contributed by atoms with Crippen molar-refractivity contribution >= 4 is 33.3 Å². The Morgan fingerprint density at radius 1 is 1.33 bits per heavy atom. The molecule has 3 aromatic heterocycles. The van der Waals surface area contributed by atoms with E-state index in [4.69, 9.17) is 0 Å². The van der Waals surface area contributed by atoms with Gasteiger partial charge in [0.1, 0.15) is 22.0 Å². The van der Waals surface area contributed by atoms with Gasteiger partial charge in [-0.2, -0.15) is 0 Å². The van der Waals surface area contributed by atoms with Crippen LogP contribution in [0.2, 0.25) is 0 Å². The Morgan fingerprint density at radius 3 is 3.19 bits per heavy atom. The first-order valence-corrected chi connectivity index (χ1v) is 8.83. The molecular formula is C14H15N5S2. The quantitative estimate of drug-likeness (QED) is 0.747. The van der Waals surface area contributed by atoms with Crippen LogP contribution in [0.15, 0.2) is 16.5 Å². The molecule has 5 nitrogen and oxygen atoms in total. The molecule has 0 aromatic carbocycles. The van der Waals surface area contributed by atoms with Gasteiger partial charge < -0.3 is 0 Å². The van der Waals surface area contributed by atoms with Gasteiger partial charge in [-0.25, -0.2) is 15.0 Å². The molecule has 0 aliphatic heterocycles. The first kappa shape index (κ1) is 13.2. The fraction of sp³-hybridized carbons (Fsp3) is 0.429. The molecule has 0 atom stereocenters. The van der Waals surface area contributed by atoms with Crippen LogP contribution in [-0.4, -0.2) is 25.1 Å². The minimum Gasteiger partial charge on any atom is -0.262 e. The van der Waals surface area contributed by atoms with E-state index in [1.807, 2.05) is 11.3 Å². The van der Waals surface area contributed by atoms with Crippen LogP contribution in [0.4, 0.5) is 0 Å². The third-order valence-electron chi connectivity index (χ3n) is 3.65. The van der Waals surface area contributed by atoms with Gasteiger partial charge in [-0.3, -0.25) is 5.10 Å². The van der Waals surface area contributed by atoms with Crippen molar-refractivity contribution in [2.75, 3.05) is 0 Å². The van der Waals surface area contributed by atoms with Crippen molar-refractivity contribution in [3.8, 4) is 0 Å². The van der Waals surface area contributed by atoms with Crippen molar-refractivity contribution in [3.63, 3.8) is 0 Å². The fourth-order valence-corrected chi connectivity index (χ4v) is 4.87. The number of rotatable bonds is 4. The molecule has 3 heterocycles. The van der Waals surface area contributed by atoms with Gasteiger partial charge in [-0.05, 0) is 43.0 Å². The molecule has 0 bridgehead atoms. The summed E-state index contributed by atoms with van der Waals surface area (Å²) in [5.41, 5.74) is 1.45. The summed E-state index contributed by atoms with van der Waals surface area (Å²) in [7, 11) is 0. The Balaban J connectivity index is 1.72. The van der Waals surface area contributed by atoms with E-state index < -0.39 is 0 Å². The molecule has 0 radical (unpaired) electrons. The van der Waals surface area contributed by atoms with Crippen molar-refractivity contribution in [2.24, 2.45) is 0 Å². The number of thiophene rings is 1. The lowest BCUT2D eigenvalue weighted by Gasteiger charge is -2.00. The summed E-state index contributed by atoms with van der Waals surface area (Å²) in [6.07, 6.45) is 7.22. The van der Waals surface area contributed by atoms with E-state index in [9.17, 15) is 0 Å². The number of aryl methyl sites for hydroxylation is 3. The molecule has 7 heteroatoms. The molecular weight excluding hydrogens is 302 g/mol. The van der Waals surface area contributed by atoms with E-state index in [1.165, 1.54) is 40.4 Å². The van der Waals surface area contributed by atoms with Gasteiger partial charge in [0.05, 0.1) is 0 Å². The maximum absolute atomic E-state index is 4.52. The molecule has 0 saturated heterocycles. The van der Waals surface area contributed by atoms with Crippen molar-refractivity contribution in [1.29, 1.82) is 0 Å². The number of fused-ring (bicyclic) bond motifs is 3. The van der Waals surface area contributed by atoms with Crippen LogP contribution in [0, 0.1) is 0 Å². The summed E-state index contributed by atoms with van der Waals surface area (Å²) in [4.78, 5) is 16.0. The highest BCUT2D eigenvalue weighted by Gasteiger charge is 2.22. The predicted molar refractivity (Wildman–Crippen MR) is 83.9 cm³/mol. The number of nitrogens with one attached hydrogen (secondary N) is 1. The molecule has 1 aliphatic rings. The molecule has 108 valence electrons. The van der Waals surface area contributed by atoms with Crippen LogP contribution in [0.25, 0.3) is 10.2 Å². The SMILES string of the molecule is CCCc1nc(Sc2ncnc3sc4c(c23)CCC4)n[nH]1. The smallest absolute Gasteiger partial charge is 0.214 e. The van der Waals surface area contributed by atoms with Gasteiger partial charge in [-0.1, -0.05) is 6.92 Å². The zero-order chi connectivity index (χ0) is 14.2. The maximum atomic E-state index is 4.52. The second kappa shape index (κ2) is 5.38. The number of hydrogen-bond acceptors (Lipinski definition) is 6. The molecule has 1 aliphatic carbocycles. The number of aromatic nitrogens is 5. The summed E-state index contributed by atoms with van der Waals surface area (Å²) in [6.45, 7) is 2.14. The minimum atomic E-state index is 0.747. The topological polar surface area (TPSA) is 67.3 Å². The highest BCUT2D eigenvalue weighted by molar-refractivity contribution is 7.99. The van der Waals surface area contributed by atoms with Crippen LogP contribution >= 0.6 is 23.1 Å². The van der Waals surface area contributed by atoms with E-state index in [1.54, 1.807) is 6.33 Å². The van der Waals surface area contributed by atoms with Gasteiger partial charge in [0.2, 0.25) is 5.16 Å². The van der Waals surface area contributed by atoms with Crippen molar-refractivity contribution in [3.05, 3.63) is 22.6 Å². The second-order valence-electron chi connectivity index (χ2n) is 5.13. The van der Waals surface area contributed by atoms with E-state index in [2.05, 4.69) is 32.1 Å². The van der Waals surface area contributed by atoms with Gasteiger partial charge in [0.25, 0.3) is 0 Å². The maximum Gasteiger partial charge on any atom is 0.214 e. The first-order chi connectivity index (χ1) is 10.3. The zero-order valence-corrected chi connectivity index (χ0v) is 13.4. The molecule has 0 spiro atoms. The summed E-state index contributed by atoms with van der Waals surface area (Å²) in [6, 6.07) is 0. The third kappa shape index (κ3) is 2.34. The molecule has 0 amide bonds. The van der Waals surface area contributed by atoms with Crippen LogP contribution in [0.5, 0.6) is 0 Å². The molecule has 0 unspecified atom stereocenters. The Hall–Kier alpha value is -1.47. The van der Waals surface area contributed by atoms with E-state index >= 15 is 0 Å². The monoisotopic (exact) mass is 317 g/mol. The van der Waals surface area contributed by atoms with Gasteiger partial charge >= 0.3 is 0 Å². The number of aromatic amines is 1. The Bertz CT molecular complexity index is 792. The zero-order valence-electron chi connectivity index (χ0n) is 11.7. The Kier molecular flexibility index (Phi) is 3.39. The second-order valence-corrected chi connectivity index (χ2v) is 7.17. The number of hydrogen-bond donors (Lipinski definition) is 1. The molecule has 1 N–H and O–H groups in total. The van der Waals surface area contributed by atoms with E-state index in [0.717, 1.165) is 40.1 Å². The Morgan fingerprint density at radius 2 is 2.29 bits per heavy atom. The summed E-state index contributed by atoms with van der Waals surface area (Å²) < 4.78 is 0. The highest BCUT2D eigenvalue weighted by Crippen LogP contribution is 2.41. The normalized spacial score (nSPS) is 14.0. The van der Waals surface area contributed by atoms with E-state index in [-0.39, 0.29) is 0 Å². The summed E-state index contributed by atoms with van der Waals surface area (Å²) in [5, 5.41) is 10.2. The largest absolute Gasteiger partial charge is 0.262 e. The molecule has 3 aromatic rings. The van der Waals surface area contributed by atoms with Crippen LogP contribution in [-0.2, 0) is 19.3 Å². The molecule has 4 rings (SSSR count). The van der Waals surface area contributed by atoms with Crippen LogP contribution in [0.3, 0.4) is 0 Å². The van der Waals surface area contributed by atoms with E-state index in [0.29, 0.717) is 0 Å². The summed E-state index contributed by atoms with van der Waals surface area (Å²) >= 11 is 3.35. The first-order valence-electron chi connectivity index (χ1n) is 7.19. The lowest BCUT2D eigenvalue weighted by molar-refractivity contribution is 0.840. The standard InChI is InChI=1S/C14H15N5S2/c1-2-4-10-17-14(19-18-10)21-13-11-8-5-3-6-9(8)20-12(11)15-7-16-13/h7H,2-6H2,1H3,(H,17,18,19). The number of nitrogens with zero attached hydrogens (tertiary/aromatic N) is 4. The van der Waals surface area contributed by atoms with Gasteiger partial charge in [-0.15, -0.1) is 16.4 Å². The molecule has 0 fully saturated rings. The van der Waals surface area contributed by atoms with Gasteiger partial charge in [0.15, 0.2) is 0 Å². The lowest BCUT2D eigenvalue weighted by atomic mass is 10.2. The number of H-pyrrole nitrogens is 1. The molecule has 0 saturated carbocycles. The van der Waals surface area contributed by atoms with Crippen molar-refractivity contribution < 1.29 is 0 Å². The van der Waals surface area contributed by atoms with Crippen molar-refractivity contribution in [2.45, 2.75) is 49.2 Å². The predicted octanol–water partition coefficient (Wildman–Crippen LogP) is 3.40. The molecule has 21 heavy (non-hydrogen) atoms. The van der Waals surface area contributed by atoms with Gasteiger partial charge in [0, 0.05) is 16.7 Å². The Labute approximate surface area is 130 Å².